The van der Waals surface area contributed by atoms with E-state index in [-0.39, 0.29) is 4.88 Å². The summed E-state index contributed by atoms with van der Waals surface area (Å²) in [6.07, 6.45) is 0. The van der Waals surface area contributed by atoms with E-state index in [0.29, 0.717) is 15.6 Å². The average molecular weight is 372 g/mol. The van der Waals surface area contributed by atoms with Crippen molar-refractivity contribution in [2.45, 2.75) is 0 Å². The third-order valence-corrected chi connectivity index (χ3v) is 4.48. The Labute approximate surface area is 151 Å². The van der Waals surface area contributed by atoms with Gasteiger partial charge >= 0.3 is 5.97 Å². The van der Waals surface area contributed by atoms with Gasteiger partial charge in [-0.05, 0) is 30.3 Å². The van der Waals surface area contributed by atoms with Gasteiger partial charge in [-0.1, -0.05) is 24.3 Å². The predicted octanol–water partition coefficient (Wildman–Crippen LogP) is 2.66. The molecular formula is C18H13FN2O4S. The van der Waals surface area contributed by atoms with E-state index in [1.807, 2.05) is 0 Å². The van der Waals surface area contributed by atoms with Gasteiger partial charge in [-0.25, -0.2) is 9.18 Å². The van der Waals surface area contributed by atoms with E-state index in [0.717, 1.165) is 11.3 Å². The van der Waals surface area contributed by atoms with Crippen molar-refractivity contribution in [3.8, 4) is 0 Å². The first-order valence-electron chi connectivity index (χ1n) is 7.54. The first-order valence-corrected chi connectivity index (χ1v) is 8.35. The Morgan fingerprint density at radius 1 is 1.00 bits per heavy atom. The number of hydrogen-bond acceptors (Lipinski definition) is 5. The molecule has 0 unspecified atom stereocenters. The lowest BCUT2D eigenvalue weighted by molar-refractivity contribution is -0.125. The number of thiophene rings is 1. The Morgan fingerprint density at radius 3 is 2.50 bits per heavy atom. The first-order chi connectivity index (χ1) is 12.5. The van der Waals surface area contributed by atoms with Gasteiger partial charge in [0.25, 0.3) is 11.8 Å². The van der Waals surface area contributed by atoms with Gasteiger partial charge in [0, 0.05) is 15.6 Å². The van der Waals surface area contributed by atoms with Crippen LogP contribution in [0.2, 0.25) is 0 Å². The molecule has 6 nitrogen and oxygen atoms in total. The minimum Gasteiger partial charge on any atom is -0.451 e. The third-order valence-electron chi connectivity index (χ3n) is 3.40. The smallest absolute Gasteiger partial charge is 0.348 e. The summed E-state index contributed by atoms with van der Waals surface area (Å²) >= 11 is 1.07. The van der Waals surface area contributed by atoms with Crippen LogP contribution in [0.1, 0.15) is 20.0 Å². The molecule has 0 spiro atoms. The lowest BCUT2D eigenvalue weighted by atomic mass is 10.2. The van der Waals surface area contributed by atoms with Crippen LogP contribution in [0.25, 0.3) is 10.1 Å². The maximum absolute atomic E-state index is 13.6. The summed E-state index contributed by atoms with van der Waals surface area (Å²) in [5.74, 6) is -2.37. The molecule has 26 heavy (non-hydrogen) atoms. The van der Waals surface area contributed by atoms with Gasteiger partial charge in [-0.15, -0.1) is 11.3 Å². The Kier molecular flexibility index (Phi) is 5.23. The van der Waals surface area contributed by atoms with Crippen LogP contribution < -0.4 is 10.9 Å². The van der Waals surface area contributed by atoms with Gasteiger partial charge in [0.2, 0.25) is 0 Å². The molecule has 0 fully saturated rings. The lowest BCUT2D eigenvalue weighted by Gasteiger charge is -2.07. The van der Waals surface area contributed by atoms with Crippen molar-refractivity contribution < 1.29 is 23.5 Å². The lowest BCUT2D eigenvalue weighted by Crippen LogP contribution is -2.43. The Hall–Kier alpha value is -3.26. The molecule has 8 heteroatoms. The van der Waals surface area contributed by atoms with Crippen molar-refractivity contribution in [3.63, 3.8) is 0 Å². The molecule has 0 saturated carbocycles. The molecule has 1 aromatic heterocycles. The number of benzene rings is 2. The number of hydrazine groups is 1. The predicted molar refractivity (Wildman–Crippen MR) is 94.1 cm³/mol. The summed E-state index contributed by atoms with van der Waals surface area (Å²) in [6, 6.07) is 14.2. The molecule has 0 radical (unpaired) electrons. The van der Waals surface area contributed by atoms with Gasteiger partial charge in [-0.2, -0.15) is 0 Å². The molecular weight excluding hydrogens is 359 g/mol. The highest BCUT2D eigenvalue weighted by molar-refractivity contribution is 7.20. The van der Waals surface area contributed by atoms with Crippen molar-refractivity contribution in [2.75, 3.05) is 6.61 Å². The van der Waals surface area contributed by atoms with E-state index in [1.54, 1.807) is 42.5 Å². The van der Waals surface area contributed by atoms with Crippen LogP contribution in [0.4, 0.5) is 4.39 Å². The molecule has 0 saturated heterocycles. The van der Waals surface area contributed by atoms with Gasteiger partial charge in [0.1, 0.15) is 10.7 Å². The first kappa shape index (κ1) is 17.6. The molecule has 2 aromatic carbocycles. The fourth-order valence-electron chi connectivity index (χ4n) is 2.15. The number of rotatable bonds is 4. The van der Waals surface area contributed by atoms with Crippen LogP contribution in [0, 0.1) is 5.82 Å². The van der Waals surface area contributed by atoms with Crippen LogP contribution in [-0.4, -0.2) is 24.4 Å². The van der Waals surface area contributed by atoms with E-state index in [1.165, 1.54) is 12.1 Å². The minimum absolute atomic E-state index is 0.186. The van der Waals surface area contributed by atoms with E-state index < -0.39 is 30.2 Å². The van der Waals surface area contributed by atoms with Crippen LogP contribution in [0.15, 0.2) is 54.6 Å². The average Bonchev–Trinajstić information content (AvgIpc) is 3.10. The summed E-state index contributed by atoms with van der Waals surface area (Å²) in [7, 11) is 0. The van der Waals surface area contributed by atoms with E-state index in [9.17, 15) is 18.8 Å². The standard InChI is InChI=1S/C18H13FN2O4S/c19-13-7-4-8-14-12(13)9-15(26-14)18(24)25-10-16(22)20-21-17(23)11-5-2-1-3-6-11/h1-9H,10H2,(H,20,22)(H,21,23). The SMILES string of the molecule is O=C(COC(=O)c1cc2c(F)cccc2s1)NNC(=O)c1ccccc1. The number of hydrogen-bond donors (Lipinski definition) is 2. The van der Waals surface area contributed by atoms with Gasteiger partial charge in [-0.3, -0.25) is 20.4 Å². The van der Waals surface area contributed by atoms with E-state index >= 15 is 0 Å². The second-order valence-corrected chi connectivity index (χ2v) is 6.29. The van der Waals surface area contributed by atoms with Gasteiger partial charge in [0.15, 0.2) is 6.61 Å². The monoisotopic (exact) mass is 372 g/mol. The van der Waals surface area contributed by atoms with Crippen molar-refractivity contribution in [3.05, 3.63) is 70.9 Å². The number of ether oxygens (including phenoxy) is 1. The van der Waals surface area contributed by atoms with E-state index in [2.05, 4.69) is 10.9 Å². The van der Waals surface area contributed by atoms with Crippen LogP contribution >= 0.6 is 11.3 Å². The van der Waals surface area contributed by atoms with Gasteiger partial charge in [0.05, 0.1) is 0 Å². The topological polar surface area (TPSA) is 84.5 Å². The number of amides is 2. The Morgan fingerprint density at radius 2 is 1.77 bits per heavy atom. The molecule has 1 heterocycles. The number of carbonyl (C=O) groups excluding carboxylic acids is 3. The Balaban J connectivity index is 1.51. The fourth-order valence-corrected chi connectivity index (χ4v) is 3.12. The van der Waals surface area contributed by atoms with E-state index in [4.69, 9.17) is 4.74 Å². The molecule has 132 valence electrons. The number of fused-ring (bicyclic) bond motifs is 1. The second kappa shape index (κ2) is 7.75. The van der Waals surface area contributed by atoms with Crippen LogP contribution in [-0.2, 0) is 9.53 Å². The molecule has 3 rings (SSSR count). The normalized spacial score (nSPS) is 10.3. The van der Waals surface area contributed by atoms with Crippen molar-refractivity contribution in [1.29, 1.82) is 0 Å². The summed E-state index contributed by atoms with van der Waals surface area (Å²) < 4.78 is 19.1. The summed E-state index contributed by atoms with van der Waals surface area (Å²) in [4.78, 5) is 35.6. The maximum Gasteiger partial charge on any atom is 0.348 e. The highest BCUT2D eigenvalue weighted by atomic mass is 32.1. The summed E-state index contributed by atoms with van der Waals surface area (Å²) in [5, 5.41) is 0.323. The van der Waals surface area contributed by atoms with Gasteiger partial charge < -0.3 is 4.74 Å². The zero-order chi connectivity index (χ0) is 18.5. The number of halogens is 1. The molecule has 2 amide bonds. The van der Waals surface area contributed by atoms with Crippen molar-refractivity contribution in [2.24, 2.45) is 0 Å². The molecule has 0 aliphatic heterocycles. The third kappa shape index (κ3) is 4.04. The highest BCUT2D eigenvalue weighted by Crippen LogP contribution is 2.27. The van der Waals surface area contributed by atoms with Crippen LogP contribution in [0.5, 0.6) is 0 Å². The highest BCUT2D eigenvalue weighted by Gasteiger charge is 2.15. The molecule has 0 bridgehead atoms. The number of nitrogens with one attached hydrogen (secondary N) is 2. The quantitative estimate of drug-likeness (QED) is 0.545. The second-order valence-electron chi connectivity index (χ2n) is 5.21. The Bertz CT molecular complexity index is 972. The zero-order valence-corrected chi connectivity index (χ0v) is 14.1. The number of esters is 1. The molecule has 3 aromatic rings. The van der Waals surface area contributed by atoms with Crippen LogP contribution in [0.3, 0.4) is 0 Å². The minimum atomic E-state index is -0.741. The number of carbonyl (C=O) groups is 3. The van der Waals surface area contributed by atoms with Crippen molar-refractivity contribution >= 4 is 39.2 Å². The summed E-state index contributed by atoms with van der Waals surface area (Å²) in [5.41, 5.74) is 4.74. The molecule has 2 N–H and O–H groups in total. The maximum atomic E-state index is 13.6. The zero-order valence-electron chi connectivity index (χ0n) is 13.3. The molecule has 0 aliphatic carbocycles. The fraction of sp³-hybridized carbons (Fsp3) is 0.0556. The largest absolute Gasteiger partial charge is 0.451 e. The molecule has 0 atom stereocenters. The molecule has 0 aliphatic rings. The summed E-state index contributed by atoms with van der Waals surface area (Å²) in [6.45, 7) is -0.579. The van der Waals surface area contributed by atoms with Crippen molar-refractivity contribution in [1.82, 2.24) is 10.9 Å².